The minimum atomic E-state index is -0.223. The fraction of sp³-hybridized carbons (Fsp3) is 0.571. The summed E-state index contributed by atoms with van der Waals surface area (Å²) in [6.45, 7) is 8.25. The number of hydrogen-bond acceptors (Lipinski definition) is 3. The Morgan fingerprint density at radius 3 is 2.53 bits per heavy atom. The zero-order valence-corrected chi connectivity index (χ0v) is 12.3. The zero-order chi connectivity index (χ0) is 14.8. The molecule has 0 radical (unpaired) electrons. The number of anilines is 1. The van der Waals surface area contributed by atoms with Gasteiger partial charge in [-0.3, -0.25) is 9.59 Å². The summed E-state index contributed by atoms with van der Waals surface area (Å²) in [5, 5.41) is 0. The van der Waals surface area contributed by atoms with Gasteiger partial charge in [0.1, 0.15) is 6.54 Å². The molecule has 1 amide bonds. The summed E-state index contributed by atoms with van der Waals surface area (Å²) < 4.78 is 1.34. The Labute approximate surface area is 114 Å². The van der Waals surface area contributed by atoms with E-state index in [0.717, 1.165) is 0 Å². The van der Waals surface area contributed by atoms with Crippen molar-refractivity contribution in [2.75, 3.05) is 12.8 Å². The second-order valence-corrected chi connectivity index (χ2v) is 5.98. The molecule has 106 valence electrons. The van der Waals surface area contributed by atoms with Gasteiger partial charge in [0.05, 0.1) is 0 Å². The summed E-state index contributed by atoms with van der Waals surface area (Å²) in [5.41, 5.74) is 5.86. The summed E-state index contributed by atoms with van der Waals surface area (Å²) in [4.78, 5) is 25.5. The van der Waals surface area contributed by atoms with E-state index in [4.69, 9.17) is 5.73 Å². The van der Waals surface area contributed by atoms with Crippen molar-refractivity contribution in [2.24, 2.45) is 5.41 Å². The molecule has 19 heavy (non-hydrogen) atoms. The number of hydrogen-bond donors (Lipinski definition) is 1. The molecule has 0 bridgehead atoms. The lowest BCUT2D eigenvalue weighted by Gasteiger charge is -2.35. The third-order valence-electron chi connectivity index (χ3n) is 3.54. The molecule has 1 unspecified atom stereocenters. The number of rotatable bonds is 3. The van der Waals surface area contributed by atoms with Crippen LogP contribution in [0.5, 0.6) is 0 Å². The lowest BCUT2D eigenvalue weighted by molar-refractivity contribution is -0.134. The summed E-state index contributed by atoms with van der Waals surface area (Å²) >= 11 is 0. The maximum absolute atomic E-state index is 12.2. The molecule has 0 spiro atoms. The van der Waals surface area contributed by atoms with E-state index in [0.29, 0.717) is 5.69 Å². The van der Waals surface area contributed by atoms with E-state index in [2.05, 4.69) is 20.8 Å². The number of likely N-dealkylation sites (N-methyl/N-ethyl adjacent to an activating group) is 1. The van der Waals surface area contributed by atoms with Crippen LogP contribution in [0.4, 0.5) is 5.69 Å². The van der Waals surface area contributed by atoms with Gasteiger partial charge in [0.15, 0.2) is 0 Å². The van der Waals surface area contributed by atoms with Gasteiger partial charge in [0.25, 0.3) is 5.56 Å². The fourth-order valence-corrected chi connectivity index (χ4v) is 1.73. The number of carbonyl (C=O) groups excluding carboxylic acids is 1. The molecule has 0 aliphatic heterocycles. The number of amides is 1. The lowest BCUT2D eigenvalue weighted by atomic mass is 9.87. The molecule has 0 aliphatic carbocycles. The van der Waals surface area contributed by atoms with Crippen LogP contribution in [0.25, 0.3) is 0 Å². The van der Waals surface area contributed by atoms with Gasteiger partial charge in [-0.05, 0) is 18.4 Å². The Morgan fingerprint density at radius 1 is 1.42 bits per heavy atom. The zero-order valence-electron chi connectivity index (χ0n) is 12.3. The maximum atomic E-state index is 12.2. The quantitative estimate of drug-likeness (QED) is 0.896. The Bertz CT molecular complexity index is 514. The van der Waals surface area contributed by atoms with Gasteiger partial charge < -0.3 is 15.2 Å². The molecular formula is C14H23N3O2. The first-order chi connectivity index (χ1) is 8.62. The molecule has 0 saturated carbocycles. The summed E-state index contributed by atoms with van der Waals surface area (Å²) in [7, 11) is 1.76. The van der Waals surface area contributed by atoms with Gasteiger partial charge in [-0.15, -0.1) is 0 Å². The monoisotopic (exact) mass is 265 g/mol. The van der Waals surface area contributed by atoms with Crippen molar-refractivity contribution in [3.8, 4) is 0 Å². The van der Waals surface area contributed by atoms with E-state index < -0.39 is 0 Å². The third kappa shape index (κ3) is 3.84. The minimum absolute atomic E-state index is 0.00884. The van der Waals surface area contributed by atoms with E-state index >= 15 is 0 Å². The molecule has 5 heteroatoms. The van der Waals surface area contributed by atoms with Crippen molar-refractivity contribution >= 4 is 11.6 Å². The molecule has 5 nitrogen and oxygen atoms in total. The first-order valence-corrected chi connectivity index (χ1v) is 6.34. The van der Waals surface area contributed by atoms with E-state index in [1.807, 2.05) is 6.92 Å². The topological polar surface area (TPSA) is 68.3 Å². The van der Waals surface area contributed by atoms with E-state index in [1.165, 1.54) is 22.9 Å². The number of pyridine rings is 1. The standard InChI is InChI=1S/C14H23N3O2/c1-10(14(2,3)4)16(5)13(19)9-17-8-11(15)6-7-12(17)18/h6-8,10H,9,15H2,1-5H3. The van der Waals surface area contributed by atoms with Crippen LogP contribution in [0.2, 0.25) is 0 Å². The van der Waals surface area contributed by atoms with Gasteiger partial charge >= 0.3 is 0 Å². The van der Waals surface area contributed by atoms with E-state index in [1.54, 1.807) is 11.9 Å². The molecule has 1 atom stereocenters. The van der Waals surface area contributed by atoms with Crippen LogP contribution in [0.1, 0.15) is 27.7 Å². The lowest BCUT2D eigenvalue weighted by Crippen LogP contribution is -2.45. The van der Waals surface area contributed by atoms with Crippen molar-refractivity contribution in [2.45, 2.75) is 40.3 Å². The van der Waals surface area contributed by atoms with Gasteiger partial charge in [0, 0.05) is 31.0 Å². The molecule has 1 aromatic rings. The second kappa shape index (κ2) is 5.47. The molecular weight excluding hydrogens is 242 g/mol. The first-order valence-electron chi connectivity index (χ1n) is 6.34. The van der Waals surface area contributed by atoms with Gasteiger partial charge in [-0.1, -0.05) is 20.8 Å². The van der Waals surface area contributed by atoms with Crippen molar-refractivity contribution in [1.29, 1.82) is 0 Å². The summed E-state index contributed by atoms with van der Waals surface area (Å²) in [6.07, 6.45) is 1.50. The van der Waals surface area contributed by atoms with Gasteiger partial charge in [0.2, 0.25) is 5.91 Å². The molecule has 2 N–H and O–H groups in total. The molecule has 0 aromatic carbocycles. The highest BCUT2D eigenvalue weighted by molar-refractivity contribution is 5.76. The number of nitrogens with zero attached hydrogens (tertiary/aromatic N) is 2. The number of nitrogens with two attached hydrogens (primary N) is 1. The first kappa shape index (κ1) is 15.3. The number of aromatic nitrogens is 1. The SMILES string of the molecule is CC(N(C)C(=O)Cn1cc(N)ccc1=O)C(C)(C)C. The van der Waals surface area contributed by atoms with Crippen molar-refractivity contribution in [3.05, 3.63) is 28.7 Å². The van der Waals surface area contributed by atoms with Crippen LogP contribution in [0.3, 0.4) is 0 Å². The van der Waals surface area contributed by atoms with Crippen LogP contribution in [-0.4, -0.2) is 28.5 Å². The normalized spacial score (nSPS) is 13.1. The highest BCUT2D eigenvalue weighted by Crippen LogP contribution is 2.23. The van der Waals surface area contributed by atoms with Crippen molar-refractivity contribution in [3.63, 3.8) is 0 Å². The average Bonchev–Trinajstić information content (AvgIpc) is 2.30. The smallest absolute Gasteiger partial charge is 0.251 e. The van der Waals surface area contributed by atoms with Crippen LogP contribution in [0.15, 0.2) is 23.1 Å². The second-order valence-electron chi connectivity index (χ2n) is 5.98. The summed E-state index contributed by atoms with van der Waals surface area (Å²) in [5.74, 6) is -0.102. The Hall–Kier alpha value is -1.78. The molecule has 0 aliphatic rings. The predicted octanol–water partition coefficient (Wildman–Crippen LogP) is 1.32. The van der Waals surface area contributed by atoms with Crippen LogP contribution < -0.4 is 11.3 Å². The minimum Gasteiger partial charge on any atom is -0.398 e. The maximum Gasteiger partial charge on any atom is 0.251 e. The van der Waals surface area contributed by atoms with E-state index in [-0.39, 0.29) is 29.5 Å². The highest BCUT2D eigenvalue weighted by Gasteiger charge is 2.26. The summed E-state index contributed by atoms with van der Waals surface area (Å²) in [6, 6.07) is 2.98. The van der Waals surface area contributed by atoms with Crippen LogP contribution in [0, 0.1) is 5.41 Å². The highest BCUT2D eigenvalue weighted by atomic mass is 16.2. The Kier molecular flexibility index (Phi) is 4.39. The average molecular weight is 265 g/mol. The van der Waals surface area contributed by atoms with E-state index in [9.17, 15) is 9.59 Å². The van der Waals surface area contributed by atoms with Gasteiger partial charge in [-0.2, -0.15) is 0 Å². The number of nitrogen functional groups attached to an aromatic ring is 1. The fourth-order valence-electron chi connectivity index (χ4n) is 1.73. The molecule has 1 aromatic heterocycles. The Balaban J connectivity index is 2.85. The molecule has 0 fully saturated rings. The third-order valence-corrected chi connectivity index (χ3v) is 3.54. The van der Waals surface area contributed by atoms with Crippen molar-refractivity contribution in [1.82, 2.24) is 9.47 Å². The number of carbonyl (C=O) groups is 1. The van der Waals surface area contributed by atoms with Crippen molar-refractivity contribution < 1.29 is 4.79 Å². The predicted molar refractivity (Wildman–Crippen MR) is 76.8 cm³/mol. The largest absolute Gasteiger partial charge is 0.398 e. The van der Waals surface area contributed by atoms with Crippen LogP contribution in [-0.2, 0) is 11.3 Å². The molecule has 0 saturated heterocycles. The Morgan fingerprint density at radius 2 is 2.00 bits per heavy atom. The van der Waals surface area contributed by atoms with Gasteiger partial charge in [-0.25, -0.2) is 0 Å². The molecule has 1 heterocycles. The molecule has 1 rings (SSSR count). The van der Waals surface area contributed by atoms with Crippen LogP contribution >= 0.6 is 0 Å².